The van der Waals surface area contributed by atoms with Crippen LogP contribution < -0.4 is 14.8 Å². The Kier molecular flexibility index (Phi) is 4.68. The fourth-order valence-corrected chi connectivity index (χ4v) is 3.39. The minimum absolute atomic E-state index is 0.0111. The summed E-state index contributed by atoms with van der Waals surface area (Å²) in [5, 5.41) is 14.9. The minimum atomic E-state index is -0.311. The highest BCUT2D eigenvalue weighted by Crippen LogP contribution is 2.44. The number of nitro benzene ring substituents is 1. The van der Waals surface area contributed by atoms with Gasteiger partial charge in [0.05, 0.1) is 16.6 Å². The van der Waals surface area contributed by atoms with Crippen molar-refractivity contribution in [1.82, 2.24) is 10.2 Å². The third kappa shape index (κ3) is 3.11. The van der Waals surface area contributed by atoms with Crippen LogP contribution in [0.1, 0.15) is 31.9 Å². The molecule has 0 bridgehead atoms. The molecule has 2 heterocycles. The molecule has 7 heteroatoms. The predicted molar refractivity (Wildman–Crippen MR) is 85.9 cm³/mol. The molecule has 0 radical (unpaired) electrons. The number of benzene rings is 1. The molecule has 2 atom stereocenters. The zero-order valence-corrected chi connectivity index (χ0v) is 13.6. The first kappa shape index (κ1) is 16.0. The van der Waals surface area contributed by atoms with Gasteiger partial charge in [0.1, 0.15) is 0 Å². The number of nitro groups is 1. The summed E-state index contributed by atoms with van der Waals surface area (Å²) in [6, 6.07) is 3.33. The molecule has 1 unspecified atom stereocenters. The van der Waals surface area contributed by atoms with Crippen molar-refractivity contribution in [3.63, 3.8) is 0 Å². The summed E-state index contributed by atoms with van der Waals surface area (Å²) in [4.78, 5) is 13.6. The average molecular weight is 321 g/mol. The van der Waals surface area contributed by atoms with Gasteiger partial charge in [-0.25, -0.2) is 0 Å². The van der Waals surface area contributed by atoms with Gasteiger partial charge in [-0.05, 0) is 12.0 Å². The molecule has 1 N–H and O–H groups in total. The van der Waals surface area contributed by atoms with Crippen molar-refractivity contribution in [2.75, 3.05) is 33.0 Å². The number of ether oxygens (including phenoxy) is 2. The van der Waals surface area contributed by atoms with E-state index < -0.39 is 0 Å². The Hall–Kier alpha value is -1.86. The fourth-order valence-electron chi connectivity index (χ4n) is 3.39. The Morgan fingerprint density at radius 3 is 2.57 bits per heavy atom. The maximum atomic E-state index is 11.6. The van der Waals surface area contributed by atoms with Crippen LogP contribution in [0.5, 0.6) is 11.5 Å². The number of hydrogen-bond acceptors (Lipinski definition) is 6. The summed E-state index contributed by atoms with van der Waals surface area (Å²) in [5.41, 5.74) is 0.855. The van der Waals surface area contributed by atoms with Crippen molar-refractivity contribution in [2.24, 2.45) is 5.92 Å². The molecule has 3 rings (SSSR count). The zero-order chi connectivity index (χ0) is 16.4. The highest BCUT2D eigenvalue weighted by molar-refractivity contribution is 5.56. The second-order valence-corrected chi connectivity index (χ2v) is 6.14. The van der Waals surface area contributed by atoms with Gasteiger partial charge in [0, 0.05) is 32.2 Å². The van der Waals surface area contributed by atoms with Gasteiger partial charge in [-0.1, -0.05) is 20.3 Å². The van der Waals surface area contributed by atoms with Gasteiger partial charge in [0.15, 0.2) is 11.5 Å². The molecular formula is C16H23N3O4. The van der Waals surface area contributed by atoms with Crippen molar-refractivity contribution in [2.45, 2.75) is 26.3 Å². The molecule has 0 spiro atoms. The third-order valence-corrected chi connectivity index (χ3v) is 4.77. The first-order valence-corrected chi connectivity index (χ1v) is 8.14. The summed E-state index contributed by atoms with van der Waals surface area (Å²) in [7, 11) is 0. The lowest BCUT2D eigenvalue weighted by Crippen LogP contribution is -2.46. The Labute approximate surface area is 135 Å². The van der Waals surface area contributed by atoms with E-state index in [-0.39, 0.29) is 23.4 Å². The van der Waals surface area contributed by atoms with Gasteiger partial charge in [-0.3, -0.25) is 15.0 Å². The van der Waals surface area contributed by atoms with E-state index in [2.05, 4.69) is 24.1 Å². The molecule has 2 aliphatic rings. The number of nitrogens with zero attached hydrogens (tertiary/aromatic N) is 2. The SMILES string of the molecule is CCC(C)[C@@H](c1cc2c(cc1[N+](=O)[O-])OCO2)N1CCNCC1. The summed E-state index contributed by atoms with van der Waals surface area (Å²) in [5.74, 6) is 1.38. The van der Waals surface area contributed by atoms with E-state index in [1.165, 1.54) is 6.07 Å². The highest BCUT2D eigenvalue weighted by atomic mass is 16.7. The lowest BCUT2D eigenvalue weighted by atomic mass is 9.89. The van der Waals surface area contributed by atoms with Crippen molar-refractivity contribution in [3.05, 3.63) is 27.8 Å². The molecule has 23 heavy (non-hydrogen) atoms. The summed E-state index contributed by atoms with van der Waals surface area (Å²) < 4.78 is 10.8. The molecule has 126 valence electrons. The minimum Gasteiger partial charge on any atom is -0.454 e. The Balaban J connectivity index is 2.05. The molecule has 7 nitrogen and oxygen atoms in total. The number of fused-ring (bicyclic) bond motifs is 1. The molecule has 2 aliphatic heterocycles. The molecule has 0 amide bonds. The summed E-state index contributed by atoms with van der Waals surface area (Å²) >= 11 is 0. The van der Waals surface area contributed by atoms with Gasteiger partial charge < -0.3 is 14.8 Å². The standard InChI is InChI=1S/C16H23N3O4/c1-3-11(2)16(18-6-4-17-5-7-18)12-8-14-15(23-10-22-14)9-13(12)19(20)21/h8-9,11,16-17H,3-7,10H2,1-2H3/t11?,16-/m0/s1. The Bertz CT molecular complexity index is 587. The van der Waals surface area contributed by atoms with Gasteiger partial charge in [-0.15, -0.1) is 0 Å². The molecule has 1 saturated heterocycles. The number of hydrogen-bond donors (Lipinski definition) is 1. The number of piperazine rings is 1. The van der Waals surface area contributed by atoms with Crippen molar-refractivity contribution in [1.29, 1.82) is 0 Å². The normalized spacial score (nSPS) is 20.3. The van der Waals surface area contributed by atoms with Crippen LogP contribution >= 0.6 is 0 Å². The number of rotatable bonds is 5. The Morgan fingerprint density at radius 2 is 1.96 bits per heavy atom. The predicted octanol–water partition coefficient (Wildman–Crippen LogP) is 2.32. The van der Waals surface area contributed by atoms with Gasteiger partial charge in [-0.2, -0.15) is 0 Å². The lowest BCUT2D eigenvalue weighted by molar-refractivity contribution is -0.386. The van der Waals surface area contributed by atoms with Crippen molar-refractivity contribution >= 4 is 5.69 Å². The maximum absolute atomic E-state index is 11.6. The molecule has 1 aromatic carbocycles. The molecule has 1 fully saturated rings. The highest BCUT2D eigenvalue weighted by Gasteiger charge is 2.34. The zero-order valence-electron chi connectivity index (χ0n) is 13.6. The van der Waals surface area contributed by atoms with Gasteiger partial charge >= 0.3 is 0 Å². The third-order valence-electron chi connectivity index (χ3n) is 4.77. The monoisotopic (exact) mass is 321 g/mol. The second kappa shape index (κ2) is 6.72. The smallest absolute Gasteiger partial charge is 0.278 e. The first-order valence-electron chi connectivity index (χ1n) is 8.14. The van der Waals surface area contributed by atoms with E-state index in [9.17, 15) is 10.1 Å². The van der Waals surface area contributed by atoms with Crippen LogP contribution in [0.3, 0.4) is 0 Å². The first-order chi connectivity index (χ1) is 11.1. The molecular weight excluding hydrogens is 298 g/mol. The summed E-state index contributed by atoms with van der Waals surface area (Å²) in [6.45, 7) is 8.00. The van der Waals surface area contributed by atoms with Crippen molar-refractivity contribution in [3.8, 4) is 11.5 Å². The van der Waals surface area contributed by atoms with E-state index in [1.54, 1.807) is 6.07 Å². The van der Waals surface area contributed by atoms with Crippen LogP contribution in [0.25, 0.3) is 0 Å². The largest absolute Gasteiger partial charge is 0.454 e. The topological polar surface area (TPSA) is 76.9 Å². The second-order valence-electron chi connectivity index (χ2n) is 6.14. The van der Waals surface area contributed by atoms with Crippen molar-refractivity contribution < 1.29 is 14.4 Å². The van der Waals surface area contributed by atoms with E-state index in [0.29, 0.717) is 17.4 Å². The van der Waals surface area contributed by atoms with Crippen LogP contribution in [0.4, 0.5) is 5.69 Å². The fraction of sp³-hybridized carbons (Fsp3) is 0.625. The van der Waals surface area contributed by atoms with Crippen LogP contribution in [0, 0.1) is 16.0 Å². The van der Waals surface area contributed by atoms with Gasteiger partial charge in [0.2, 0.25) is 6.79 Å². The molecule has 0 saturated carbocycles. The van der Waals surface area contributed by atoms with E-state index in [1.807, 2.05) is 0 Å². The van der Waals surface area contributed by atoms with Crippen LogP contribution in [0.15, 0.2) is 12.1 Å². The molecule has 0 aromatic heterocycles. The number of nitrogens with one attached hydrogen (secondary N) is 1. The van der Waals surface area contributed by atoms with Crippen LogP contribution in [0.2, 0.25) is 0 Å². The van der Waals surface area contributed by atoms with E-state index in [4.69, 9.17) is 9.47 Å². The molecule has 1 aromatic rings. The van der Waals surface area contributed by atoms with Gasteiger partial charge in [0.25, 0.3) is 5.69 Å². The van der Waals surface area contributed by atoms with Crippen LogP contribution in [-0.4, -0.2) is 42.8 Å². The van der Waals surface area contributed by atoms with Crippen LogP contribution in [-0.2, 0) is 0 Å². The Morgan fingerprint density at radius 1 is 1.30 bits per heavy atom. The average Bonchev–Trinajstić information content (AvgIpc) is 3.02. The maximum Gasteiger partial charge on any atom is 0.278 e. The molecule has 0 aliphatic carbocycles. The lowest BCUT2D eigenvalue weighted by Gasteiger charge is -2.38. The van der Waals surface area contributed by atoms with E-state index in [0.717, 1.165) is 38.2 Å². The quantitative estimate of drug-likeness (QED) is 0.662. The van der Waals surface area contributed by atoms with E-state index >= 15 is 0 Å². The summed E-state index contributed by atoms with van der Waals surface area (Å²) in [6.07, 6.45) is 0.959.